The second kappa shape index (κ2) is 9.68. The van der Waals surface area contributed by atoms with Crippen LogP contribution in [-0.4, -0.2) is 20.8 Å². The zero-order valence-electron chi connectivity index (χ0n) is 19.2. The van der Waals surface area contributed by atoms with Crippen molar-refractivity contribution in [3.63, 3.8) is 0 Å². The van der Waals surface area contributed by atoms with E-state index in [1.165, 1.54) is 6.07 Å². The summed E-state index contributed by atoms with van der Waals surface area (Å²) in [6.45, 7) is 3.99. The number of nitrogens with zero attached hydrogens (tertiary/aromatic N) is 3. The van der Waals surface area contributed by atoms with Gasteiger partial charge in [0, 0.05) is 29.5 Å². The Morgan fingerprint density at radius 1 is 1.03 bits per heavy atom. The van der Waals surface area contributed by atoms with E-state index in [9.17, 15) is 4.39 Å². The molecule has 0 saturated carbocycles. The number of hydrogen-bond donors (Lipinski definition) is 1. The molecular formula is C27H24ClFN4OS. The Morgan fingerprint density at radius 3 is 2.49 bits per heavy atom. The van der Waals surface area contributed by atoms with Crippen molar-refractivity contribution in [2.45, 2.75) is 32.0 Å². The molecule has 1 N–H and O–H groups in total. The van der Waals surface area contributed by atoms with Crippen molar-refractivity contribution in [2.75, 3.05) is 4.90 Å². The minimum Gasteiger partial charge on any atom is -0.491 e. The van der Waals surface area contributed by atoms with E-state index in [0.717, 1.165) is 28.5 Å². The van der Waals surface area contributed by atoms with Crippen molar-refractivity contribution in [3.8, 4) is 11.4 Å². The fourth-order valence-electron chi connectivity index (χ4n) is 4.40. The average Bonchev–Trinajstić information content (AvgIpc) is 3.46. The lowest BCUT2D eigenvalue weighted by molar-refractivity contribution is 0.242. The van der Waals surface area contributed by atoms with Gasteiger partial charge in [0.25, 0.3) is 0 Å². The summed E-state index contributed by atoms with van der Waals surface area (Å²) in [4.78, 5) is 6.70. The second-order valence-corrected chi connectivity index (χ2v) is 9.35. The molecule has 2 atom stereocenters. The molecule has 178 valence electrons. The summed E-state index contributed by atoms with van der Waals surface area (Å²) < 4.78 is 21.7. The molecule has 0 spiro atoms. The van der Waals surface area contributed by atoms with Gasteiger partial charge in [0.05, 0.1) is 22.9 Å². The van der Waals surface area contributed by atoms with E-state index in [4.69, 9.17) is 28.6 Å². The van der Waals surface area contributed by atoms with Crippen LogP contribution in [0.4, 0.5) is 10.1 Å². The summed E-state index contributed by atoms with van der Waals surface area (Å²) in [6.07, 6.45) is 3.80. The highest BCUT2D eigenvalue weighted by Crippen LogP contribution is 2.42. The van der Waals surface area contributed by atoms with Crippen LogP contribution in [0.1, 0.15) is 37.3 Å². The van der Waals surface area contributed by atoms with E-state index >= 15 is 0 Å². The normalized spacial score (nSPS) is 17.6. The summed E-state index contributed by atoms with van der Waals surface area (Å²) in [5.41, 5.74) is 3.51. The molecule has 5 nitrogen and oxygen atoms in total. The molecule has 0 amide bonds. The Bertz CT molecular complexity index is 1340. The van der Waals surface area contributed by atoms with Crippen molar-refractivity contribution < 1.29 is 9.13 Å². The number of pyridine rings is 1. The number of nitrogens with one attached hydrogen (secondary N) is 1. The van der Waals surface area contributed by atoms with Crippen molar-refractivity contribution >= 4 is 34.6 Å². The van der Waals surface area contributed by atoms with Gasteiger partial charge in [-0.3, -0.25) is 4.98 Å². The lowest BCUT2D eigenvalue weighted by atomic mass is 10.0. The summed E-state index contributed by atoms with van der Waals surface area (Å²) in [7, 11) is 0. The smallest absolute Gasteiger partial charge is 0.174 e. The van der Waals surface area contributed by atoms with Gasteiger partial charge in [-0.15, -0.1) is 0 Å². The van der Waals surface area contributed by atoms with Gasteiger partial charge in [-0.1, -0.05) is 17.7 Å². The van der Waals surface area contributed by atoms with E-state index in [1.54, 1.807) is 18.3 Å². The number of hydrogen-bond acceptors (Lipinski definition) is 3. The molecule has 2 unspecified atom stereocenters. The van der Waals surface area contributed by atoms with Gasteiger partial charge in [0.15, 0.2) is 5.11 Å². The summed E-state index contributed by atoms with van der Waals surface area (Å²) >= 11 is 11.9. The molecule has 2 aromatic heterocycles. The minimum atomic E-state index is -0.454. The first-order valence-electron chi connectivity index (χ1n) is 11.3. The van der Waals surface area contributed by atoms with Crippen LogP contribution < -0.4 is 15.0 Å². The molecule has 8 heteroatoms. The number of ether oxygens (including phenoxy) is 1. The fraction of sp³-hybridized carbons (Fsp3) is 0.185. The second-order valence-electron chi connectivity index (χ2n) is 8.56. The van der Waals surface area contributed by atoms with Crippen LogP contribution in [0.2, 0.25) is 5.02 Å². The number of rotatable bonds is 6. The Balaban J connectivity index is 1.61. The zero-order valence-corrected chi connectivity index (χ0v) is 20.8. The molecule has 35 heavy (non-hydrogen) atoms. The van der Waals surface area contributed by atoms with Gasteiger partial charge in [-0.05, 0) is 92.8 Å². The van der Waals surface area contributed by atoms with Crippen LogP contribution in [0.15, 0.2) is 85.2 Å². The predicted molar refractivity (Wildman–Crippen MR) is 141 cm³/mol. The maximum Gasteiger partial charge on any atom is 0.174 e. The minimum absolute atomic E-state index is 0.0705. The average molecular weight is 507 g/mol. The highest BCUT2D eigenvalue weighted by Gasteiger charge is 2.42. The molecule has 3 heterocycles. The van der Waals surface area contributed by atoms with Crippen LogP contribution in [0, 0.1) is 5.82 Å². The van der Waals surface area contributed by atoms with Crippen molar-refractivity contribution in [3.05, 3.63) is 107 Å². The van der Waals surface area contributed by atoms with Crippen LogP contribution in [0.3, 0.4) is 0 Å². The fourth-order valence-corrected chi connectivity index (χ4v) is 4.92. The third-order valence-corrected chi connectivity index (χ3v) is 6.45. The number of halogens is 2. The van der Waals surface area contributed by atoms with E-state index in [-0.39, 0.29) is 23.2 Å². The largest absolute Gasteiger partial charge is 0.491 e. The lowest BCUT2D eigenvalue weighted by Gasteiger charge is -2.29. The number of thiocarbonyl (C=S) groups is 1. The van der Waals surface area contributed by atoms with E-state index < -0.39 is 5.82 Å². The molecule has 2 aromatic carbocycles. The maximum absolute atomic E-state index is 13.9. The Kier molecular flexibility index (Phi) is 6.45. The van der Waals surface area contributed by atoms with Crippen LogP contribution >= 0.6 is 23.8 Å². The van der Waals surface area contributed by atoms with Crippen molar-refractivity contribution in [1.82, 2.24) is 14.9 Å². The molecule has 1 fully saturated rings. The molecule has 1 aliphatic rings. The highest BCUT2D eigenvalue weighted by molar-refractivity contribution is 7.80. The van der Waals surface area contributed by atoms with Crippen molar-refractivity contribution in [1.29, 1.82) is 0 Å². The van der Waals surface area contributed by atoms with Gasteiger partial charge < -0.3 is 19.5 Å². The summed E-state index contributed by atoms with van der Waals surface area (Å²) in [6, 6.07) is 22.0. The Morgan fingerprint density at radius 2 is 1.80 bits per heavy atom. The molecule has 0 bridgehead atoms. The van der Waals surface area contributed by atoms with Crippen LogP contribution in [-0.2, 0) is 0 Å². The lowest BCUT2D eigenvalue weighted by Crippen LogP contribution is -2.30. The first-order valence-corrected chi connectivity index (χ1v) is 12.1. The van der Waals surface area contributed by atoms with Gasteiger partial charge in [-0.25, -0.2) is 4.39 Å². The van der Waals surface area contributed by atoms with Crippen LogP contribution in [0.5, 0.6) is 5.75 Å². The van der Waals surface area contributed by atoms with E-state index in [0.29, 0.717) is 5.11 Å². The molecule has 0 radical (unpaired) electrons. The molecular weight excluding hydrogens is 483 g/mol. The number of benzene rings is 2. The third kappa shape index (κ3) is 4.61. The first-order chi connectivity index (χ1) is 16.9. The number of aromatic nitrogens is 2. The van der Waals surface area contributed by atoms with E-state index in [1.807, 2.05) is 79.2 Å². The monoisotopic (exact) mass is 506 g/mol. The zero-order chi connectivity index (χ0) is 24.5. The van der Waals surface area contributed by atoms with Crippen molar-refractivity contribution in [2.24, 2.45) is 0 Å². The Labute approximate surface area is 214 Å². The summed E-state index contributed by atoms with van der Waals surface area (Å²) in [5.74, 6) is 0.341. The standard InChI is InChI=1S/C27H24ClFN4OS/c1-17(2)34-20-11-8-18(9-12-20)33-26(25(31-27(33)35)23-6-3-4-14-30-23)24-7-5-15-32(24)19-10-13-22(29)21(28)16-19/h3-17,25-26H,1-2H3,(H,31,35). The van der Waals surface area contributed by atoms with Gasteiger partial charge in [0.1, 0.15) is 17.6 Å². The molecule has 4 aromatic rings. The highest BCUT2D eigenvalue weighted by atomic mass is 35.5. The first kappa shape index (κ1) is 23.3. The predicted octanol–water partition coefficient (Wildman–Crippen LogP) is 6.63. The quantitative estimate of drug-likeness (QED) is 0.297. The molecule has 0 aliphatic carbocycles. The topological polar surface area (TPSA) is 42.3 Å². The number of anilines is 1. The van der Waals surface area contributed by atoms with Gasteiger partial charge >= 0.3 is 0 Å². The third-order valence-electron chi connectivity index (χ3n) is 5.85. The SMILES string of the molecule is CC(C)Oc1ccc(N2C(=S)NC(c3ccccn3)C2c2cccn2-c2ccc(F)c(Cl)c2)cc1. The van der Waals surface area contributed by atoms with Gasteiger partial charge in [-0.2, -0.15) is 0 Å². The van der Waals surface area contributed by atoms with Gasteiger partial charge in [0.2, 0.25) is 0 Å². The van der Waals surface area contributed by atoms with E-state index in [2.05, 4.69) is 15.2 Å². The molecule has 5 rings (SSSR count). The Hall–Kier alpha value is -3.42. The maximum atomic E-state index is 13.9. The molecule has 1 aliphatic heterocycles. The molecule has 1 saturated heterocycles. The van der Waals surface area contributed by atoms with Crippen LogP contribution in [0.25, 0.3) is 5.69 Å². The summed E-state index contributed by atoms with van der Waals surface area (Å²) in [5, 5.41) is 4.13.